The van der Waals surface area contributed by atoms with Crippen LogP contribution < -0.4 is 0 Å². The molecule has 2 heterocycles. The first-order valence-electron chi connectivity index (χ1n) is 13.6. The van der Waals surface area contributed by atoms with Crippen molar-refractivity contribution in [2.24, 2.45) is 5.92 Å². The second-order valence-electron chi connectivity index (χ2n) is 10.8. The molecule has 0 bridgehead atoms. The summed E-state index contributed by atoms with van der Waals surface area (Å²) in [7, 11) is -3.62. The summed E-state index contributed by atoms with van der Waals surface area (Å²) in [6, 6.07) is 15.4. The van der Waals surface area contributed by atoms with Gasteiger partial charge in [0.05, 0.1) is 18.5 Å². The van der Waals surface area contributed by atoms with E-state index < -0.39 is 16.1 Å². The number of aromatic nitrogens is 3. The van der Waals surface area contributed by atoms with Crippen molar-refractivity contribution in [3.05, 3.63) is 71.5 Å². The summed E-state index contributed by atoms with van der Waals surface area (Å²) >= 11 is 0. The molecule has 1 aromatic heterocycles. The number of hydrogen-bond acceptors (Lipinski definition) is 5. The van der Waals surface area contributed by atoms with Crippen molar-refractivity contribution in [2.75, 3.05) is 12.3 Å². The van der Waals surface area contributed by atoms with Crippen LogP contribution in [-0.4, -0.2) is 56.9 Å². The number of amides is 1. The predicted molar refractivity (Wildman–Crippen MR) is 147 cm³/mol. The van der Waals surface area contributed by atoms with E-state index in [4.69, 9.17) is 0 Å². The summed E-state index contributed by atoms with van der Waals surface area (Å²) < 4.78 is 29.7. The molecule has 202 valence electrons. The van der Waals surface area contributed by atoms with E-state index >= 15 is 0 Å². The molecule has 5 rings (SSSR count). The Morgan fingerprint density at radius 2 is 1.58 bits per heavy atom. The first-order valence-corrected chi connectivity index (χ1v) is 15.2. The van der Waals surface area contributed by atoms with Crippen LogP contribution in [0.2, 0.25) is 0 Å². The van der Waals surface area contributed by atoms with Gasteiger partial charge in [0.15, 0.2) is 0 Å². The molecule has 3 aromatic rings. The van der Waals surface area contributed by atoms with Gasteiger partial charge in [-0.15, -0.1) is 5.10 Å². The molecule has 1 unspecified atom stereocenters. The highest BCUT2D eigenvalue weighted by Gasteiger charge is 2.38. The van der Waals surface area contributed by atoms with Crippen LogP contribution >= 0.6 is 0 Å². The second-order valence-corrected chi connectivity index (χ2v) is 12.8. The molecule has 1 saturated carbocycles. The smallest absolute Gasteiger partial charge is 0.241 e. The zero-order chi connectivity index (χ0) is 26.7. The molecule has 1 aliphatic carbocycles. The van der Waals surface area contributed by atoms with Gasteiger partial charge in [-0.25, -0.2) is 8.42 Å². The van der Waals surface area contributed by atoms with Gasteiger partial charge < -0.3 is 4.90 Å². The van der Waals surface area contributed by atoms with Crippen LogP contribution in [0.3, 0.4) is 0 Å². The van der Waals surface area contributed by atoms with E-state index in [-0.39, 0.29) is 31.3 Å². The Balaban J connectivity index is 1.25. The maximum Gasteiger partial charge on any atom is 0.241 e. The van der Waals surface area contributed by atoms with Gasteiger partial charge >= 0.3 is 0 Å². The molecule has 2 aliphatic rings. The summed E-state index contributed by atoms with van der Waals surface area (Å²) in [6.07, 6.45) is 8.20. The van der Waals surface area contributed by atoms with Crippen LogP contribution in [-0.2, 0) is 34.5 Å². The molecule has 0 radical (unpaired) electrons. The third-order valence-electron chi connectivity index (χ3n) is 7.86. The first kappa shape index (κ1) is 26.6. The minimum Gasteiger partial charge on any atom is -0.334 e. The third-order valence-corrected chi connectivity index (χ3v) is 9.72. The molecular weight excluding hydrogens is 498 g/mol. The fourth-order valence-electron chi connectivity index (χ4n) is 5.53. The molecule has 1 saturated heterocycles. The maximum absolute atomic E-state index is 13.4. The fraction of sp³-hybridized carbons (Fsp3) is 0.483. The van der Waals surface area contributed by atoms with Crippen molar-refractivity contribution in [2.45, 2.75) is 71.6 Å². The predicted octanol–water partition coefficient (Wildman–Crippen LogP) is 4.40. The van der Waals surface area contributed by atoms with Crippen LogP contribution in [0.1, 0.15) is 55.8 Å². The van der Waals surface area contributed by atoms with E-state index in [0.29, 0.717) is 11.6 Å². The molecule has 0 N–H and O–H groups in total. The number of rotatable bonds is 7. The lowest BCUT2D eigenvalue weighted by molar-refractivity contribution is -0.134. The van der Waals surface area contributed by atoms with Gasteiger partial charge in [-0.3, -0.25) is 9.48 Å². The number of carbonyl (C=O) groups excluding carboxylic acids is 1. The number of aryl methyl sites for hydroxylation is 1. The zero-order valence-corrected chi connectivity index (χ0v) is 23.1. The van der Waals surface area contributed by atoms with Crippen LogP contribution in [0.15, 0.2) is 54.7 Å². The van der Waals surface area contributed by atoms with Crippen LogP contribution in [0.25, 0.3) is 11.1 Å². The Bertz CT molecular complexity index is 1350. The van der Waals surface area contributed by atoms with Crippen LogP contribution in [0.5, 0.6) is 0 Å². The zero-order valence-electron chi connectivity index (χ0n) is 22.3. The number of hydrogen-bond donors (Lipinski definition) is 0. The van der Waals surface area contributed by atoms with E-state index in [1.165, 1.54) is 42.0 Å². The average molecular weight is 536 g/mol. The Morgan fingerprint density at radius 1 is 0.921 bits per heavy atom. The third kappa shape index (κ3) is 6.15. The maximum atomic E-state index is 13.4. The Labute approximate surface area is 225 Å². The van der Waals surface area contributed by atoms with Crippen molar-refractivity contribution < 1.29 is 13.2 Å². The SMILES string of the molecule is Cc1ccc(-c2ccc(CN3C(C)C(=O)N(Cc4cn(CC5CCCCC5)nn4)CCS3(=O)=O)cc2)cc1. The molecule has 1 amide bonds. The topological polar surface area (TPSA) is 88.4 Å². The number of carbonyl (C=O) groups is 1. The van der Waals surface area contributed by atoms with E-state index in [0.717, 1.165) is 23.2 Å². The first-order chi connectivity index (χ1) is 18.3. The highest BCUT2D eigenvalue weighted by molar-refractivity contribution is 7.89. The monoisotopic (exact) mass is 535 g/mol. The largest absolute Gasteiger partial charge is 0.334 e. The fourth-order valence-corrected chi connectivity index (χ4v) is 7.14. The average Bonchev–Trinajstić information content (AvgIpc) is 3.34. The lowest BCUT2D eigenvalue weighted by Crippen LogP contribution is -2.45. The van der Waals surface area contributed by atoms with Crippen molar-refractivity contribution in [1.82, 2.24) is 24.2 Å². The quantitative estimate of drug-likeness (QED) is 0.448. The summed E-state index contributed by atoms with van der Waals surface area (Å²) in [5.74, 6) is 0.313. The van der Waals surface area contributed by atoms with Gasteiger partial charge in [-0.1, -0.05) is 78.6 Å². The van der Waals surface area contributed by atoms with Gasteiger partial charge in [0, 0.05) is 19.6 Å². The summed E-state index contributed by atoms with van der Waals surface area (Å²) in [5, 5.41) is 8.56. The molecular formula is C29H37N5O3S. The van der Waals surface area contributed by atoms with E-state index in [9.17, 15) is 13.2 Å². The van der Waals surface area contributed by atoms with Gasteiger partial charge in [0.1, 0.15) is 11.7 Å². The Kier molecular flexibility index (Phi) is 7.95. The molecule has 8 nitrogen and oxygen atoms in total. The highest BCUT2D eigenvalue weighted by atomic mass is 32.2. The van der Waals surface area contributed by atoms with E-state index in [2.05, 4.69) is 41.5 Å². The molecule has 0 spiro atoms. The molecule has 2 aromatic carbocycles. The lowest BCUT2D eigenvalue weighted by Gasteiger charge is -2.26. The normalized spacial score (nSPS) is 20.9. The minimum atomic E-state index is -3.62. The summed E-state index contributed by atoms with van der Waals surface area (Å²) in [5.41, 5.74) is 4.93. The number of sulfonamides is 1. The van der Waals surface area contributed by atoms with Gasteiger partial charge in [-0.05, 0) is 49.3 Å². The Hall–Kier alpha value is -3.04. The molecule has 38 heavy (non-hydrogen) atoms. The molecule has 2 fully saturated rings. The molecule has 9 heteroatoms. The summed E-state index contributed by atoms with van der Waals surface area (Å²) in [4.78, 5) is 15.0. The van der Waals surface area contributed by atoms with Gasteiger partial charge in [0.25, 0.3) is 0 Å². The van der Waals surface area contributed by atoms with E-state index in [1.807, 2.05) is 35.1 Å². The molecule has 1 aliphatic heterocycles. The van der Waals surface area contributed by atoms with Crippen molar-refractivity contribution in [1.29, 1.82) is 0 Å². The van der Waals surface area contributed by atoms with E-state index in [1.54, 1.807) is 11.8 Å². The Morgan fingerprint density at radius 3 is 2.26 bits per heavy atom. The summed E-state index contributed by atoms with van der Waals surface area (Å²) in [6.45, 7) is 5.15. The minimum absolute atomic E-state index is 0.110. The second kappa shape index (κ2) is 11.4. The van der Waals surface area contributed by atoms with Crippen LogP contribution in [0.4, 0.5) is 0 Å². The van der Waals surface area contributed by atoms with Crippen LogP contribution in [0, 0.1) is 12.8 Å². The number of benzene rings is 2. The lowest BCUT2D eigenvalue weighted by atomic mass is 9.89. The molecule has 1 atom stereocenters. The van der Waals surface area contributed by atoms with Gasteiger partial charge in [0.2, 0.25) is 15.9 Å². The van der Waals surface area contributed by atoms with Crippen molar-refractivity contribution >= 4 is 15.9 Å². The van der Waals surface area contributed by atoms with Gasteiger partial charge in [-0.2, -0.15) is 4.31 Å². The van der Waals surface area contributed by atoms with Crippen molar-refractivity contribution in [3.8, 4) is 11.1 Å². The highest BCUT2D eigenvalue weighted by Crippen LogP contribution is 2.26. The number of nitrogens with zero attached hydrogens (tertiary/aromatic N) is 5. The van der Waals surface area contributed by atoms with Crippen molar-refractivity contribution in [3.63, 3.8) is 0 Å². The standard InChI is InChI=1S/C29H37N5O3S/c1-22-8-12-26(13-9-22)27-14-10-25(11-15-27)19-34-23(2)29(35)32(16-17-38(34,36)37)20-28-21-33(31-30-28)18-24-6-4-3-5-7-24/h8-15,21,23-24H,3-7,16-20H2,1-2H3.